The van der Waals surface area contributed by atoms with Crippen LogP contribution in [-0.2, 0) is 0 Å². The molecule has 0 radical (unpaired) electrons. The van der Waals surface area contributed by atoms with Gasteiger partial charge in [0.2, 0.25) is 5.78 Å². The van der Waals surface area contributed by atoms with Crippen molar-refractivity contribution < 1.29 is 14.5 Å². The highest BCUT2D eigenvalue weighted by atomic mass is 16.6. The Balaban J connectivity index is 2.19. The molecule has 1 atom stereocenters. The Morgan fingerprint density at radius 3 is 2.59 bits per heavy atom. The lowest BCUT2D eigenvalue weighted by atomic mass is 9.99. The molecule has 5 nitrogen and oxygen atoms in total. The van der Waals surface area contributed by atoms with Gasteiger partial charge in [0.15, 0.2) is 6.10 Å². The van der Waals surface area contributed by atoms with Gasteiger partial charge in [0.05, 0.1) is 11.0 Å². The summed E-state index contributed by atoms with van der Waals surface area (Å²) in [5.41, 5.74) is 2.42. The molecule has 0 heterocycles. The number of carbonyl (C=O) groups is 1. The van der Waals surface area contributed by atoms with Gasteiger partial charge >= 0.3 is 0 Å². The number of rotatable bonds is 5. The summed E-state index contributed by atoms with van der Waals surface area (Å²) in [6.07, 6.45) is -0.720. The SMILES string of the molecule is Cc1ccc(C)c(C(=O)[C@@H](C)Oc2cccc([N+](=O)[O-])c2)c1. The van der Waals surface area contributed by atoms with E-state index in [1.165, 1.54) is 18.2 Å². The second-order valence-corrected chi connectivity index (χ2v) is 5.20. The third-order valence-electron chi connectivity index (χ3n) is 3.37. The Labute approximate surface area is 128 Å². The summed E-state index contributed by atoms with van der Waals surface area (Å²) in [5, 5.41) is 10.8. The number of hydrogen-bond donors (Lipinski definition) is 0. The molecule has 22 heavy (non-hydrogen) atoms. The molecule has 0 amide bonds. The van der Waals surface area contributed by atoms with E-state index in [4.69, 9.17) is 4.74 Å². The molecule has 0 aromatic heterocycles. The number of nitro benzene ring substituents is 1. The van der Waals surface area contributed by atoms with Crippen molar-refractivity contribution in [2.75, 3.05) is 0 Å². The van der Waals surface area contributed by atoms with Crippen molar-refractivity contribution in [3.63, 3.8) is 0 Å². The molecule has 2 aromatic carbocycles. The Bertz CT molecular complexity index is 724. The van der Waals surface area contributed by atoms with Gasteiger partial charge < -0.3 is 4.74 Å². The highest BCUT2D eigenvalue weighted by molar-refractivity contribution is 6.00. The lowest BCUT2D eigenvalue weighted by Crippen LogP contribution is -2.24. The quantitative estimate of drug-likeness (QED) is 0.477. The maximum atomic E-state index is 12.5. The molecule has 0 saturated heterocycles. The van der Waals surface area contributed by atoms with Crippen molar-refractivity contribution in [1.29, 1.82) is 0 Å². The number of Topliss-reactive ketones (excluding diaryl/α,β-unsaturated/α-hetero) is 1. The van der Waals surface area contributed by atoms with Crippen LogP contribution in [0.3, 0.4) is 0 Å². The van der Waals surface area contributed by atoms with Gasteiger partial charge in [-0.2, -0.15) is 0 Å². The van der Waals surface area contributed by atoms with Gasteiger partial charge in [-0.05, 0) is 38.5 Å². The minimum atomic E-state index is -0.720. The minimum absolute atomic E-state index is 0.0658. The fourth-order valence-electron chi connectivity index (χ4n) is 2.15. The Morgan fingerprint density at radius 1 is 1.18 bits per heavy atom. The number of carbonyl (C=O) groups excluding carboxylic acids is 1. The van der Waals surface area contributed by atoms with Crippen molar-refractivity contribution in [1.82, 2.24) is 0 Å². The van der Waals surface area contributed by atoms with Gasteiger partial charge in [0.1, 0.15) is 5.75 Å². The molecule has 0 aliphatic carbocycles. The fraction of sp³-hybridized carbons (Fsp3) is 0.235. The standard InChI is InChI=1S/C17H17NO4/c1-11-7-8-12(2)16(9-11)17(19)13(3)22-15-6-4-5-14(10-15)18(20)21/h4-10,13H,1-3H3/t13-/m1/s1. The van der Waals surface area contributed by atoms with E-state index in [-0.39, 0.29) is 11.5 Å². The molecule has 2 rings (SSSR count). The van der Waals surface area contributed by atoms with Crippen LogP contribution in [0.5, 0.6) is 5.75 Å². The van der Waals surface area contributed by atoms with E-state index in [1.807, 2.05) is 32.0 Å². The van der Waals surface area contributed by atoms with E-state index in [9.17, 15) is 14.9 Å². The summed E-state index contributed by atoms with van der Waals surface area (Å²) in [6.45, 7) is 5.43. The van der Waals surface area contributed by atoms with Gasteiger partial charge in [-0.3, -0.25) is 14.9 Å². The monoisotopic (exact) mass is 299 g/mol. The van der Waals surface area contributed by atoms with Crippen molar-refractivity contribution in [2.24, 2.45) is 0 Å². The number of ether oxygens (including phenoxy) is 1. The van der Waals surface area contributed by atoms with Crippen LogP contribution in [0.2, 0.25) is 0 Å². The van der Waals surface area contributed by atoms with Crippen molar-refractivity contribution in [3.8, 4) is 5.75 Å². The molecule has 0 N–H and O–H groups in total. The Kier molecular flexibility index (Phi) is 4.56. The van der Waals surface area contributed by atoms with Crippen molar-refractivity contribution in [2.45, 2.75) is 26.9 Å². The number of non-ortho nitro benzene ring substituents is 1. The molecule has 0 aliphatic heterocycles. The van der Waals surface area contributed by atoms with Gasteiger partial charge in [-0.25, -0.2) is 0 Å². The van der Waals surface area contributed by atoms with Gasteiger partial charge in [-0.1, -0.05) is 23.8 Å². The summed E-state index contributed by atoms with van der Waals surface area (Å²) in [6, 6.07) is 11.5. The molecule has 0 spiro atoms. The van der Waals surface area contributed by atoms with E-state index < -0.39 is 11.0 Å². The summed E-state index contributed by atoms with van der Waals surface area (Å²) < 4.78 is 5.56. The molecule has 0 bridgehead atoms. The van der Waals surface area contributed by atoms with Crippen LogP contribution in [0.1, 0.15) is 28.4 Å². The molecule has 0 unspecified atom stereocenters. The summed E-state index contributed by atoms with van der Waals surface area (Å²) in [4.78, 5) is 22.7. The summed E-state index contributed by atoms with van der Waals surface area (Å²) >= 11 is 0. The number of nitrogens with zero attached hydrogens (tertiary/aromatic N) is 1. The van der Waals surface area contributed by atoms with Crippen LogP contribution in [-0.4, -0.2) is 16.8 Å². The molecule has 0 fully saturated rings. The average molecular weight is 299 g/mol. The van der Waals surface area contributed by atoms with E-state index in [0.29, 0.717) is 11.3 Å². The highest BCUT2D eigenvalue weighted by Crippen LogP contribution is 2.22. The number of benzene rings is 2. The lowest BCUT2D eigenvalue weighted by molar-refractivity contribution is -0.384. The third kappa shape index (κ3) is 3.49. The van der Waals surface area contributed by atoms with Gasteiger partial charge in [0.25, 0.3) is 5.69 Å². The molecule has 5 heteroatoms. The predicted octanol–water partition coefficient (Wildman–Crippen LogP) is 3.86. The largest absolute Gasteiger partial charge is 0.482 e. The minimum Gasteiger partial charge on any atom is -0.482 e. The first-order chi connectivity index (χ1) is 10.4. The molecular weight excluding hydrogens is 282 g/mol. The maximum absolute atomic E-state index is 12.5. The molecule has 114 valence electrons. The van der Waals surface area contributed by atoms with E-state index in [1.54, 1.807) is 13.0 Å². The van der Waals surface area contributed by atoms with Crippen LogP contribution >= 0.6 is 0 Å². The van der Waals surface area contributed by atoms with Crippen LogP contribution in [0.15, 0.2) is 42.5 Å². The molecule has 0 saturated carbocycles. The first-order valence-electron chi connectivity index (χ1n) is 6.91. The van der Waals surface area contributed by atoms with Crippen LogP contribution in [0, 0.1) is 24.0 Å². The smallest absolute Gasteiger partial charge is 0.273 e. The second-order valence-electron chi connectivity index (χ2n) is 5.20. The van der Waals surface area contributed by atoms with E-state index >= 15 is 0 Å². The first-order valence-corrected chi connectivity index (χ1v) is 6.91. The maximum Gasteiger partial charge on any atom is 0.273 e. The fourth-order valence-corrected chi connectivity index (χ4v) is 2.15. The first kappa shape index (κ1) is 15.7. The van der Waals surface area contributed by atoms with Crippen LogP contribution in [0.25, 0.3) is 0 Å². The molecule has 2 aromatic rings. The van der Waals surface area contributed by atoms with E-state index in [2.05, 4.69) is 0 Å². The third-order valence-corrected chi connectivity index (χ3v) is 3.37. The lowest BCUT2D eigenvalue weighted by Gasteiger charge is -2.15. The highest BCUT2D eigenvalue weighted by Gasteiger charge is 2.19. The number of aryl methyl sites for hydroxylation is 2. The van der Waals surface area contributed by atoms with Gasteiger partial charge in [0, 0.05) is 11.6 Å². The van der Waals surface area contributed by atoms with Crippen molar-refractivity contribution >= 4 is 11.5 Å². The summed E-state index contributed by atoms with van der Waals surface area (Å²) in [7, 11) is 0. The van der Waals surface area contributed by atoms with Crippen LogP contribution < -0.4 is 4.74 Å². The van der Waals surface area contributed by atoms with Crippen LogP contribution in [0.4, 0.5) is 5.69 Å². The Morgan fingerprint density at radius 2 is 1.91 bits per heavy atom. The summed E-state index contributed by atoms with van der Waals surface area (Å²) in [5.74, 6) is 0.160. The zero-order chi connectivity index (χ0) is 16.3. The zero-order valence-electron chi connectivity index (χ0n) is 12.7. The van der Waals surface area contributed by atoms with Gasteiger partial charge in [-0.15, -0.1) is 0 Å². The average Bonchev–Trinajstić information content (AvgIpc) is 2.49. The number of nitro groups is 1. The normalized spacial score (nSPS) is 11.8. The molecule has 0 aliphatic rings. The Hall–Kier alpha value is -2.69. The topological polar surface area (TPSA) is 69.4 Å². The zero-order valence-corrected chi connectivity index (χ0v) is 12.7. The molecular formula is C17H17NO4. The van der Waals surface area contributed by atoms with Crippen molar-refractivity contribution in [3.05, 3.63) is 69.3 Å². The second kappa shape index (κ2) is 6.39. The van der Waals surface area contributed by atoms with E-state index in [0.717, 1.165) is 11.1 Å². The number of ketones is 1. The number of hydrogen-bond acceptors (Lipinski definition) is 4. The predicted molar refractivity (Wildman–Crippen MR) is 83.4 cm³/mol.